The molecular weight excluding hydrogens is 252 g/mol. The van der Waals surface area contributed by atoms with Crippen molar-refractivity contribution < 1.29 is 0 Å². The van der Waals surface area contributed by atoms with E-state index in [1.807, 2.05) is 13.8 Å². The Morgan fingerprint density at radius 2 is 2.00 bits per heavy atom. The van der Waals surface area contributed by atoms with Gasteiger partial charge in [0.25, 0.3) is 0 Å². The largest absolute Gasteiger partial charge is 0.308 e. The molecule has 0 fully saturated rings. The fourth-order valence-corrected chi connectivity index (χ4v) is 3.54. The zero-order chi connectivity index (χ0) is 12.4. The van der Waals surface area contributed by atoms with Crippen LogP contribution in [0, 0.1) is 13.8 Å². The van der Waals surface area contributed by atoms with E-state index in [0.29, 0.717) is 0 Å². The first-order valence-corrected chi connectivity index (χ1v) is 7.26. The summed E-state index contributed by atoms with van der Waals surface area (Å²) in [6, 6.07) is 0.264. The van der Waals surface area contributed by atoms with E-state index in [-0.39, 0.29) is 6.04 Å². The summed E-state index contributed by atoms with van der Waals surface area (Å²) >= 11 is 3.33. The summed E-state index contributed by atoms with van der Waals surface area (Å²) < 4.78 is 0. The molecule has 0 spiro atoms. The van der Waals surface area contributed by atoms with E-state index in [9.17, 15) is 0 Å². The fraction of sp³-hybridized carbons (Fsp3) is 0.545. The molecule has 1 atom stereocenters. The SMILES string of the molecule is CCNC(C)c1nnc(-c2sc(C)nc2C)s1. The number of hydrogen-bond acceptors (Lipinski definition) is 6. The van der Waals surface area contributed by atoms with Crippen LogP contribution in [0.5, 0.6) is 0 Å². The number of nitrogens with one attached hydrogen (secondary N) is 1. The molecule has 0 radical (unpaired) electrons. The summed E-state index contributed by atoms with van der Waals surface area (Å²) in [5.74, 6) is 0. The summed E-state index contributed by atoms with van der Waals surface area (Å²) in [7, 11) is 0. The second-order valence-electron chi connectivity index (χ2n) is 3.87. The van der Waals surface area contributed by atoms with Gasteiger partial charge < -0.3 is 5.32 Å². The second kappa shape index (κ2) is 5.20. The Bertz CT molecular complexity index is 503. The van der Waals surface area contributed by atoms with Crippen LogP contribution >= 0.6 is 22.7 Å². The predicted octanol–water partition coefficient (Wildman–Crippen LogP) is 2.95. The molecule has 1 N–H and O–H groups in total. The summed E-state index contributed by atoms with van der Waals surface area (Å²) in [6.45, 7) is 9.18. The minimum absolute atomic E-state index is 0.264. The van der Waals surface area contributed by atoms with E-state index in [4.69, 9.17) is 0 Å². The third kappa shape index (κ3) is 2.70. The molecule has 17 heavy (non-hydrogen) atoms. The van der Waals surface area contributed by atoms with Crippen molar-refractivity contribution in [2.45, 2.75) is 33.7 Å². The van der Waals surface area contributed by atoms with Crippen molar-refractivity contribution in [1.82, 2.24) is 20.5 Å². The van der Waals surface area contributed by atoms with E-state index in [2.05, 4.69) is 34.3 Å². The Morgan fingerprint density at radius 3 is 2.59 bits per heavy atom. The van der Waals surface area contributed by atoms with Crippen LogP contribution in [-0.4, -0.2) is 21.7 Å². The fourth-order valence-electron chi connectivity index (χ4n) is 1.62. The molecule has 2 heterocycles. The number of rotatable bonds is 4. The maximum Gasteiger partial charge on any atom is 0.159 e. The highest BCUT2D eigenvalue weighted by Crippen LogP contribution is 2.33. The average Bonchev–Trinajstić information content (AvgIpc) is 2.85. The van der Waals surface area contributed by atoms with Crippen LogP contribution in [0.1, 0.15) is 35.6 Å². The maximum atomic E-state index is 4.42. The Balaban J connectivity index is 2.26. The molecule has 0 aliphatic carbocycles. The summed E-state index contributed by atoms with van der Waals surface area (Å²) in [6.07, 6.45) is 0. The number of hydrogen-bond donors (Lipinski definition) is 1. The van der Waals surface area contributed by atoms with E-state index >= 15 is 0 Å². The molecule has 2 aromatic heterocycles. The molecule has 0 aliphatic heterocycles. The van der Waals surface area contributed by atoms with Gasteiger partial charge in [-0.3, -0.25) is 0 Å². The maximum absolute atomic E-state index is 4.42. The van der Waals surface area contributed by atoms with Gasteiger partial charge in [0, 0.05) is 0 Å². The van der Waals surface area contributed by atoms with Crippen LogP contribution in [-0.2, 0) is 0 Å². The molecular formula is C11H16N4S2. The first kappa shape index (κ1) is 12.6. The standard InChI is InChI=1S/C11H16N4S2/c1-5-12-7(3)10-14-15-11(17-10)9-6(2)13-8(4)16-9/h7,12H,5H2,1-4H3. The van der Waals surface area contributed by atoms with Gasteiger partial charge in [-0.25, -0.2) is 4.98 Å². The molecule has 2 aromatic rings. The highest BCUT2D eigenvalue weighted by molar-refractivity contribution is 7.21. The van der Waals surface area contributed by atoms with Crippen LogP contribution < -0.4 is 5.32 Å². The lowest BCUT2D eigenvalue weighted by Gasteiger charge is -2.06. The molecule has 0 aromatic carbocycles. The van der Waals surface area contributed by atoms with Crippen LogP contribution in [0.3, 0.4) is 0 Å². The van der Waals surface area contributed by atoms with Crippen LogP contribution in [0.4, 0.5) is 0 Å². The van der Waals surface area contributed by atoms with Crippen LogP contribution in [0.15, 0.2) is 0 Å². The lowest BCUT2D eigenvalue weighted by molar-refractivity contribution is 0.590. The monoisotopic (exact) mass is 268 g/mol. The summed E-state index contributed by atoms with van der Waals surface area (Å²) in [5, 5.41) is 14.9. The normalized spacial score (nSPS) is 12.9. The van der Waals surface area contributed by atoms with Gasteiger partial charge in [-0.05, 0) is 27.3 Å². The zero-order valence-electron chi connectivity index (χ0n) is 10.4. The van der Waals surface area contributed by atoms with Crippen molar-refractivity contribution in [2.24, 2.45) is 0 Å². The molecule has 0 aliphatic rings. The molecule has 4 nitrogen and oxygen atoms in total. The highest BCUT2D eigenvalue weighted by atomic mass is 32.1. The topological polar surface area (TPSA) is 50.7 Å². The van der Waals surface area contributed by atoms with Gasteiger partial charge in [0.2, 0.25) is 0 Å². The molecule has 0 amide bonds. The molecule has 0 saturated heterocycles. The van der Waals surface area contributed by atoms with E-state index < -0.39 is 0 Å². The van der Waals surface area contributed by atoms with Crippen LogP contribution in [0.25, 0.3) is 9.88 Å². The summed E-state index contributed by atoms with van der Waals surface area (Å²) in [5.41, 5.74) is 1.05. The first-order chi connectivity index (χ1) is 8.11. The zero-order valence-corrected chi connectivity index (χ0v) is 12.1. The number of thiazole rings is 1. The van der Waals surface area contributed by atoms with Gasteiger partial charge in [-0.1, -0.05) is 18.3 Å². The minimum atomic E-state index is 0.264. The Morgan fingerprint density at radius 1 is 1.24 bits per heavy atom. The Labute approximate surface area is 109 Å². The number of aromatic nitrogens is 3. The van der Waals surface area contributed by atoms with Gasteiger partial charge >= 0.3 is 0 Å². The van der Waals surface area contributed by atoms with Gasteiger partial charge in [0.15, 0.2) is 5.01 Å². The van der Waals surface area contributed by atoms with E-state index in [0.717, 1.165) is 32.1 Å². The summed E-state index contributed by atoms with van der Waals surface area (Å²) in [4.78, 5) is 5.57. The molecule has 92 valence electrons. The second-order valence-corrected chi connectivity index (χ2v) is 6.08. The van der Waals surface area contributed by atoms with E-state index in [1.165, 1.54) is 0 Å². The van der Waals surface area contributed by atoms with Crippen molar-refractivity contribution in [2.75, 3.05) is 6.54 Å². The Hall–Kier alpha value is -0.850. The Kier molecular flexibility index (Phi) is 3.86. The quantitative estimate of drug-likeness (QED) is 0.926. The van der Waals surface area contributed by atoms with Crippen molar-refractivity contribution in [3.8, 4) is 9.88 Å². The molecule has 0 saturated carbocycles. The third-order valence-electron chi connectivity index (χ3n) is 2.42. The smallest absolute Gasteiger partial charge is 0.159 e. The van der Waals surface area contributed by atoms with Crippen molar-refractivity contribution in [1.29, 1.82) is 0 Å². The molecule has 2 rings (SSSR count). The number of nitrogens with zero attached hydrogens (tertiary/aromatic N) is 3. The minimum Gasteiger partial charge on any atom is -0.308 e. The predicted molar refractivity (Wildman–Crippen MR) is 72.6 cm³/mol. The van der Waals surface area contributed by atoms with Gasteiger partial charge in [0.1, 0.15) is 5.01 Å². The third-order valence-corrected chi connectivity index (χ3v) is 4.75. The molecule has 6 heteroatoms. The lowest BCUT2D eigenvalue weighted by Crippen LogP contribution is -2.17. The number of aryl methyl sites for hydroxylation is 2. The van der Waals surface area contributed by atoms with Gasteiger partial charge in [-0.15, -0.1) is 21.5 Å². The molecule has 1 unspecified atom stereocenters. The first-order valence-electron chi connectivity index (χ1n) is 5.63. The van der Waals surface area contributed by atoms with Gasteiger partial charge in [0.05, 0.1) is 21.6 Å². The van der Waals surface area contributed by atoms with Crippen molar-refractivity contribution in [3.05, 3.63) is 15.7 Å². The van der Waals surface area contributed by atoms with Crippen LogP contribution in [0.2, 0.25) is 0 Å². The average molecular weight is 268 g/mol. The lowest BCUT2D eigenvalue weighted by atomic mass is 10.3. The van der Waals surface area contributed by atoms with Gasteiger partial charge in [-0.2, -0.15) is 0 Å². The highest BCUT2D eigenvalue weighted by Gasteiger charge is 2.15. The van der Waals surface area contributed by atoms with Crippen molar-refractivity contribution >= 4 is 22.7 Å². The van der Waals surface area contributed by atoms with Crippen molar-refractivity contribution in [3.63, 3.8) is 0 Å². The molecule has 0 bridgehead atoms. The van der Waals surface area contributed by atoms with E-state index in [1.54, 1.807) is 22.7 Å².